The molecule has 0 atom stereocenters. The summed E-state index contributed by atoms with van der Waals surface area (Å²) in [4.78, 5) is 30.0. The van der Waals surface area contributed by atoms with Gasteiger partial charge in [0.25, 0.3) is 0 Å². The lowest BCUT2D eigenvalue weighted by Gasteiger charge is -2.25. The zero-order chi connectivity index (χ0) is 45.0. The normalized spacial score (nSPS) is 12.3. The van der Waals surface area contributed by atoms with E-state index >= 15 is 0 Å². The Kier molecular flexibility index (Phi) is 15.0. The summed E-state index contributed by atoms with van der Waals surface area (Å²) >= 11 is 6.14. The molecule has 15 heteroatoms. The van der Waals surface area contributed by atoms with Gasteiger partial charge in [0.05, 0.1) is 11.1 Å². The van der Waals surface area contributed by atoms with Crippen molar-refractivity contribution in [3.05, 3.63) is 116 Å². The summed E-state index contributed by atoms with van der Waals surface area (Å²) in [5.41, 5.74) is 0.956. The third-order valence-electron chi connectivity index (χ3n) is 10.3. The molecule has 0 N–H and O–H groups in total. The molecule has 0 radical (unpaired) electrons. The number of ether oxygens (including phenoxy) is 3. The molecule has 0 saturated carbocycles. The Morgan fingerprint density at radius 1 is 0.661 bits per heavy atom. The van der Waals surface area contributed by atoms with E-state index in [1.54, 1.807) is 47.8 Å². The number of carbonyl (C=O) groups excluding carboxylic acids is 2. The van der Waals surface area contributed by atoms with Crippen molar-refractivity contribution in [2.24, 2.45) is 0 Å². The van der Waals surface area contributed by atoms with Crippen molar-refractivity contribution in [2.75, 3.05) is 18.1 Å². The highest BCUT2D eigenvalue weighted by molar-refractivity contribution is 7.99. The molecule has 0 unspecified atom stereocenters. The largest absolute Gasteiger partial charge is 0.482 e. The highest BCUT2D eigenvalue weighted by atomic mass is 32.2. The maximum absolute atomic E-state index is 13.2. The maximum atomic E-state index is 13.2. The van der Waals surface area contributed by atoms with Gasteiger partial charge in [0.2, 0.25) is 5.60 Å². The molecule has 330 valence electrons. The molecule has 2 aromatic heterocycles. The monoisotopic (exact) mass is 932 g/mol. The van der Waals surface area contributed by atoms with Gasteiger partial charge in [-0.25, -0.2) is 9.59 Å². The first-order valence-electron chi connectivity index (χ1n) is 20.0. The summed E-state index contributed by atoms with van der Waals surface area (Å²) in [5.74, 6) is 0.834. The molecular weight excluding hydrogens is 887 g/mol. The Hall–Kier alpha value is -4.18. The molecule has 0 spiro atoms. The summed E-state index contributed by atoms with van der Waals surface area (Å²) in [7, 11) is 0. The quantitative estimate of drug-likeness (QED) is 0.0297. The topological polar surface area (TPSA) is 61.8 Å². The predicted molar refractivity (Wildman–Crippen MR) is 240 cm³/mol. The van der Waals surface area contributed by atoms with Crippen LogP contribution in [-0.2, 0) is 45.9 Å². The average Bonchev–Trinajstić information content (AvgIpc) is 3.71. The Morgan fingerprint density at radius 3 is 1.65 bits per heavy atom. The zero-order valence-corrected chi connectivity index (χ0v) is 38.3. The number of hydrogen-bond acceptors (Lipinski definition) is 9. The second kappa shape index (κ2) is 19.7. The van der Waals surface area contributed by atoms with Crippen molar-refractivity contribution < 1.29 is 50.1 Å². The van der Waals surface area contributed by atoms with Crippen LogP contribution in [0.25, 0.3) is 20.2 Å². The first-order chi connectivity index (χ1) is 29.2. The van der Waals surface area contributed by atoms with E-state index in [1.807, 2.05) is 52.0 Å². The molecule has 0 amide bonds. The van der Waals surface area contributed by atoms with Gasteiger partial charge in [-0.3, -0.25) is 0 Å². The molecule has 0 aliphatic rings. The van der Waals surface area contributed by atoms with E-state index in [9.17, 15) is 35.9 Å². The van der Waals surface area contributed by atoms with Crippen molar-refractivity contribution in [1.29, 1.82) is 0 Å². The van der Waals surface area contributed by atoms with Gasteiger partial charge in [-0.05, 0) is 172 Å². The fourth-order valence-electron chi connectivity index (χ4n) is 6.83. The minimum absolute atomic E-state index is 0.461. The molecule has 0 saturated heterocycles. The van der Waals surface area contributed by atoms with Crippen LogP contribution in [0.5, 0.6) is 11.5 Å². The molecule has 0 aliphatic carbocycles. The van der Waals surface area contributed by atoms with Crippen LogP contribution in [0.3, 0.4) is 0 Å². The number of alkyl halides is 6. The number of halogens is 6. The summed E-state index contributed by atoms with van der Waals surface area (Å²) in [6.45, 7) is 10.3. The first-order valence-corrected chi connectivity index (χ1v) is 23.6. The van der Waals surface area contributed by atoms with Crippen LogP contribution in [0.1, 0.15) is 76.7 Å². The molecule has 0 fully saturated rings. The number of carbonyl (C=O) groups is 2. The fraction of sp³-hybridized carbons (Fsp3) is 0.362. The number of thiophene rings is 2. The smallest absolute Gasteiger partial charge is 0.416 e. The number of esters is 2. The lowest BCUT2D eigenvalue weighted by molar-refractivity contribution is -0.171. The van der Waals surface area contributed by atoms with E-state index in [2.05, 4.69) is 0 Å². The lowest BCUT2D eigenvalue weighted by atomic mass is 10.1. The summed E-state index contributed by atoms with van der Waals surface area (Å²) in [6.07, 6.45) is -4.91. The van der Waals surface area contributed by atoms with Gasteiger partial charge in [-0.1, -0.05) is 19.1 Å². The number of benzene rings is 4. The number of aryl methyl sites for hydroxylation is 6. The molecule has 6 aromatic rings. The molecule has 0 bridgehead atoms. The number of fused-ring (bicyclic) bond motifs is 2. The summed E-state index contributed by atoms with van der Waals surface area (Å²) in [6, 6.07) is 19.1. The van der Waals surface area contributed by atoms with Crippen LogP contribution >= 0.6 is 46.2 Å². The van der Waals surface area contributed by atoms with Gasteiger partial charge >= 0.3 is 24.3 Å². The van der Waals surface area contributed by atoms with Gasteiger partial charge in [0.1, 0.15) is 11.5 Å². The third-order valence-corrected chi connectivity index (χ3v) is 15.1. The zero-order valence-electron chi connectivity index (χ0n) is 35.0. The van der Waals surface area contributed by atoms with Crippen molar-refractivity contribution in [3.63, 3.8) is 0 Å². The number of hydrogen-bond donors (Lipinski definition) is 0. The van der Waals surface area contributed by atoms with E-state index in [0.717, 1.165) is 102 Å². The summed E-state index contributed by atoms with van der Waals surface area (Å²) < 4.78 is 97.4. The van der Waals surface area contributed by atoms with Crippen molar-refractivity contribution >= 4 is 78.3 Å². The minimum atomic E-state index is -4.37. The molecular formula is C47H46F6O5S4. The van der Waals surface area contributed by atoms with Gasteiger partial charge in [0, 0.05) is 28.9 Å². The Labute approximate surface area is 373 Å². The molecule has 0 aliphatic heterocycles. The molecule has 4 aromatic carbocycles. The highest BCUT2D eigenvalue weighted by Gasteiger charge is 2.35. The van der Waals surface area contributed by atoms with Crippen molar-refractivity contribution in [1.82, 2.24) is 0 Å². The molecule has 5 nitrogen and oxygen atoms in total. The molecule has 6 rings (SSSR count). The number of rotatable bonds is 17. The molecule has 2 heterocycles. The van der Waals surface area contributed by atoms with E-state index < -0.39 is 47.6 Å². The SMILES string of the molecule is CCc1cc(SCCCc2sc3cc(C(F)(F)F)ccc3c2C)ccc1OCC(=O)OC(=O)C(C)(C)Oc1ccc(SCCCc2sc3cc(C(F)(F)F)ccc3c2C)cc1C. The third kappa shape index (κ3) is 11.7. The highest BCUT2D eigenvalue weighted by Crippen LogP contribution is 2.39. The van der Waals surface area contributed by atoms with Crippen LogP contribution in [-0.4, -0.2) is 35.7 Å². The Bertz CT molecular complexity index is 2570. The van der Waals surface area contributed by atoms with Crippen molar-refractivity contribution in [3.8, 4) is 11.5 Å². The Balaban J connectivity index is 0.931. The first kappa shape index (κ1) is 47.3. The van der Waals surface area contributed by atoms with E-state index in [-0.39, 0.29) is 0 Å². The predicted octanol–water partition coefficient (Wildman–Crippen LogP) is 14.4. The second-order valence-corrected chi connectivity index (χ2v) is 19.9. The van der Waals surface area contributed by atoms with Gasteiger partial charge in [-0.2, -0.15) is 26.3 Å². The lowest BCUT2D eigenvalue weighted by Crippen LogP contribution is -2.41. The van der Waals surface area contributed by atoms with E-state index in [0.29, 0.717) is 27.3 Å². The standard InChI is InChI=1S/C47H46F6O5S4/c1-7-30-23-34(60-21-9-11-40-29(4)36-17-13-32(47(51,52)53)25-42(36)62-40)15-19-38(30)56-26-43(54)57-44(55)45(5,6)58-37-18-14-33(22-27(37)2)59-20-8-10-39-28(3)35-16-12-31(46(48,49)50)24-41(35)61-39/h12-19,22-25H,7-11,20-21,26H2,1-6H3. The minimum Gasteiger partial charge on any atom is -0.482 e. The number of thioether (sulfide) groups is 2. The summed E-state index contributed by atoms with van der Waals surface area (Å²) in [5, 5.41) is 1.72. The van der Waals surface area contributed by atoms with Crippen LogP contribution < -0.4 is 9.47 Å². The van der Waals surface area contributed by atoms with Crippen molar-refractivity contribution in [2.45, 2.75) is 101 Å². The van der Waals surface area contributed by atoms with Crippen LogP contribution in [0, 0.1) is 20.8 Å². The second-order valence-electron chi connectivity index (χ2n) is 15.3. The van der Waals surface area contributed by atoms with Crippen LogP contribution in [0.2, 0.25) is 0 Å². The Morgan fingerprint density at radius 2 is 1.16 bits per heavy atom. The van der Waals surface area contributed by atoms with Gasteiger partial charge in [-0.15, -0.1) is 46.2 Å². The average molecular weight is 933 g/mol. The van der Waals surface area contributed by atoms with E-state index in [4.69, 9.17) is 14.2 Å². The van der Waals surface area contributed by atoms with E-state index in [1.165, 1.54) is 48.7 Å². The molecule has 62 heavy (non-hydrogen) atoms. The fourth-order valence-corrected chi connectivity index (χ4v) is 11.3. The van der Waals surface area contributed by atoms with Gasteiger partial charge < -0.3 is 14.2 Å². The van der Waals surface area contributed by atoms with Crippen LogP contribution in [0.15, 0.2) is 82.6 Å². The van der Waals surface area contributed by atoms with Crippen LogP contribution in [0.4, 0.5) is 26.3 Å². The van der Waals surface area contributed by atoms with Gasteiger partial charge in [0.15, 0.2) is 6.61 Å². The maximum Gasteiger partial charge on any atom is 0.416 e.